The van der Waals surface area contributed by atoms with E-state index in [1.54, 1.807) is 0 Å². The average Bonchev–Trinajstić information content (AvgIpc) is 3.26. The van der Waals surface area contributed by atoms with Gasteiger partial charge in [0.1, 0.15) is 0 Å². The standard InChI is InChI=1S/C19H27N3O2/c23-18(16-5-11-24-13-16)22-10-7-19(15-22)6-3-9-21(14-19)12-17-4-1-2-8-20-17/h1-2,4,8,16H,3,5-7,9-15H2. The van der Waals surface area contributed by atoms with Crippen molar-refractivity contribution in [3.63, 3.8) is 0 Å². The smallest absolute Gasteiger partial charge is 0.228 e. The average molecular weight is 329 g/mol. The Morgan fingerprint density at radius 1 is 1.29 bits per heavy atom. The summed E-state index contributed by atoms with van der Waals surface area (Å²) in [5.74, 6) is 0.430. The fourth-order valence-corrected chi connectivity index (χ4v) is 4.61. The highest BCUT2D eigenvalue weighted by Crippen LogP contribution is 2.40. The summed E-state index contributed by atoms with van der Waals surface area (Å²) >= 11 is 0. The molecule has 1 aromatic heterocycles. The Hall–Kier alpha value is -1.46. The van der Waals surface area contributed by atoms with Crippen molar-refractivity contribution in [3.05, 3.63) is 30.1 Å². The summed E-state index contributed by atoms with van der Waals surface area (Å²) in [7, 11) is 0. The van der Waals surface area contributed by atoms with Crippen LogP contribution in [-0.2, 0) is 16.1 Å². The Labute approximate surface area is 144 Å². The number of carbonyl (C=O) groups is 1. The molecule has 1 amide bonds. The summed E-state index contributed by atoms with van der Waals surface area (Å²) < 4.78 is 5.40. The SMILES string of the molecule is O=C(C1CCOC1)N1CCC2(CCCN(Cc3ccccn3)C2)C1. The minimum absolute atomic E-state index is 0.105. The zero-order valence-corrected chi connectivity index (χ0v) is 14.3. The largest absolute Gasteiger partial charge is 0.381 e. The van der Waals surface area contributed by atoms with Crippen LogP contribution in [0.2, 0.25) is 0 Å². The van der Waals surface area contributed by atoms with Crippen molar-refractivity contribution < 1.29 is 9.53 Å². The number of amides is 1. The molecule has 0 saturated carbocycles. The van der Waals surface area contributed by atoms with Gasteiger partial charge in [0, 0.05) is 44.4 Å². The van der Waals surface area contributed by atoms with Gasteiger partial charge in [-0.1, -0.05) is 6.07 Å². The third-order valence-electron chi connectivity index (χ3n) is 5.88. The maximum atomic E-state index is 12.7. The Kier molecular flexibility index (Phi) is 4.55. The summed E-state index contributed by atoms with van der Waals surface area (Å²) in [6.45, 7) is 6.37. The summed E-state index contributed by atoms with van der Waals surface area (Å²) in [6.07, 6.45) is 6.38. The van der Waals surface area contributed by atoms with Crippen molar-refractivity contribution in [2.75, 3.05) is 39.4 Å². The van der Waals surface area contributed by atoms with Gasteiger partial charge in [-0.15, -0.1) is 0 Å². The predicted molar refractivity (Wildman–Crippen MR) is 91.3 cm³/mol. The van der Waals surface area contributed by atoms with E-state index in [4.69, 9.17) is 4.74 Å². The molecule has 3 aliphatic rings. The van der Waals surface area contributed by atoms with Crippen molar-refractivity contribution in [1.29, 1.82) is 0 Å². The third kappa shape index (κ3) is 3.33. The third-order valence-corrected chi connectivity index (χ3v) is 5.88. The molecule has 24 heavy (non-hydrogen) atoms. The maximum Gasteiger partial charge on any atom is 0.228 e. The van der Waals surface area contributed by atoms with Crippen LogP contribution in [0.1, 0.15) is 31.4 Å². The molecule has 3 aliphatic heterocycles. The van der Waals surface area contributed by atoms with E-state index in [-0.39, 0.29) is 5.92 Å². The molecule has 0 radical (unpaired) electrons. The van der Waals surface area contributed by atoms with E-state index >= 15 is 0 Å². The number of rotatable bonds is 3. The number of aromatic nitrogens is 1. The predicted octanol–water partition coefficient (Wildman–Crippen LogP) is 1.93. The van der Waals surface area contributed by atoms with Crippen LogP contribution in [0, 0.1) is 11.3 Å². The molecule has 2 atom stereocenters. The molecule has 3 fully saturated rings. The van der Waals surface area contributed by atoms with E-state index in [0.29, 0.717) is 17.9 Å². The van der Waals surface area contributed by atoms with E-state index in [0.717, 1.165) is 57.9 Å². The number of piperidine rings is 1. The second kappa shape index (κ2) is 6.81. The van der Waals surface area contributed by atoms with E-state index in [9.17, 15) is 4.79 Å². The van der Waals surface area contributed by atoms with E-state index < -0.39 is 0 Å². The van der Waals surface area contributed by atoms with Crippen LogP contribution in [0.25, 0.3) is 0 Å². The number of hydrogen-bond donors (Lipinski definition) is 0. The molecular formula is C19H27N3O2. The van der Waals surface area contributed by atoms with Gasteiger partial charge in [0.2, 0.25) is 5.91 Å². The molecule has 130 valence electrons. The quantitative estimate of drug-likeness (QED) is 0.850. The van der Waals surface area contributed by atoms with Gasteiger partial charge in [0.25, 0.3) is 0 Å². The van der Waals surface area contributed by atoms with Crippen molar-refractivity contribution >= 4 is 5.91 Å². The molecular weight excluding hydrogens is 302 g/mol. The fraction of sp³-hybridized carbons (Fsp3) is 0.684. The normalized spacial score (nSPS) is 31.0. The van der Waals surface area contributed by atoms with Crippen LogP contribution in [0.4, 0.5) is 0 Å². The molecule has 3 saturated heterocycles. The highest BCUT2D eigenvalue weighted by molar-refractivity contribution is 5.79. The molecule has 0 aliphatic carbocycles. The van der Waals surface area contributed by atoms with Crippen LogP contribution >= 0.6 is 0 Å². The molecule has 5 nitrogen and oxygen atoms in total. The molecule has 5 heteroatoms. The Morgan fingerprint density at radius 3 is 3.04 bits per heavy atom. The van der Waals surface area contributed by atoms with Crippen LogP contribution in [0.5, 0.6) is 0 Å². The molecule has 1 aromatic rings. The molecule has 0 bridgehead atoms. The van der Waals surface area contributed by atoms with Crippen molar-refractivity contribution in [1.82, 2.24) is 14.8 Å². The monoisotopic (exact) mass is 329 g/mol. The summed E-state index contributed by atoms with van der Waals surface area (Å²) in [5, 5.41) is 0. The lowest BCUT2D eigenvalue weighted by atomic mass is 9.79. The first-order valence-corrected chi connectivity index (χ1v) is 9.23. The first kappa shape index (κ1) is 16.0. The van der Waals surface area contributed by atoms with Crippen molar-refractivity contribution in [2.45, 2.75) is 32.2 Å². The van der Waals surface area contributed by atoms with Gasteiger partial charge in [-0.2, -0.15) is 0 Å². The van der Waals surface area contributed by atoms with Gasteiger partial charge in [0.15, 0.2) is 0 Å². The van der Waals surface area contributed by atoms with Gasteiger partial charge in [-0.25, -0.2) is 0 Å². The number of likely N-dealkylation sites (tertiary alicyclic amines) is 2. The zero-order chi connectivity index (χ0) is 16.4. The zero-order valence-electron chi connectivity index (χ0n) is 14.3. The van der Waals surface area contributed by atoms with Crippen LogP contribution < -0.4 is 0 Å². The van der Waals surface area contributed by atoms with Gasteiger partial charge in [-0.3, -0.25) is 14.7 Å². The molecule has 1 spiro atoms. The van der Waals surface area contributed by atoms with E-state index in [1.807, 2.05) is 12.3 Å². The number of ether oxygens (including phenoxy) is 1. The van der Waals surface area contributed by atoms with Crippen LogP contribution in [0.3, 0.4) is 0 Å². The van der Waals surface area contributed by atoms with Gasteiger partial charge in [-0.05, 0) is 44.4 Å². The number of nitrogens with zero attached hydrogens (tertiary/aromatic N) is 3. The number of pyridine rings is 1. The highest BCUT2D eigenvalue weighted by atomic mass is 16.5. The van der Waals surface area contributed by atoms with Gasteiger partial charge in [0.05, 0.1) is 18.2 Å². The van der Waals surface area contributed by atoms with Crippen molar-refractivity contribution in [2.24, 2.45) is 11.3 Å². The van der Waals surface area contributed by atoms with Crippen LogP contribution in [0.15, 0.2) is 24.4 Å². The molecule has 2 unspecified atom stereocenters. The van der Waals surface area contributed by atoms with Gasteiger partial charge >= 0.3 is 0 Å². The fourth-order valence-electron chi connectivity index (χ4n) is 4.61. The second-order valence-electron chi connectivity index (χ2n) is 7.71. The van der Waals surface area contributed by atoms with Gasteiger partial charge < -0.3 is 9.64 Å². The highest BCUT2D eigenvalue weighted by Gasteiger charge is 2.44. The van der Waals surface area contributed by atoms with E-state index in [1.165, 1.54) is 12.8 Å². The number of carbonyl (C=O) groups excluding carboxylic acids is 1. The first-order valence-electron chi connectivity index (χ1n) is 9.23. The Morgan fingerprint density at radius 2 is 2.25 bits per heavy atom. The van der Waals surface area contributed by atoms with E-state index in [2.05, 4.69) is 26.9 Å². The Bertz CT molecular complexity index is 573. The molecule has 0 N–H and O–H groups in total. The lowest BCUT2D eigenvalue weighted by Gasteiger charge is -2.40. The van der Waals surface area contributed by atoms with Crippen molar-refractivity contribution in [3.8, 4) is 0 Å². The first-order chi connectivity index (χ1) is 11.7. The summed E-state index contributed by atoms with van der Waals surface area (Å²) in [5.41, 5.74) is 1.44. The molecule has 4 rings (SSSR count). The summed E-state index contributed by atoms with van der Waals surface area (Å²) in [4.78, 5) is 21.8. The Balaban J connectivity index is 1.37. The summed E-state index contributed by atoms with van der Waals surface area (Å²) in [6, 6.07) is 6.13. The second-order valence-corrected chi connectivity index (χ2v) is 7.71. The number of hydrogen-bond acceptors (Lipinski definition) is 4. The molecule has 4 heterocycles. The topological polar surface area (TPSA) is 45.7 Å². The minimum atomic E-state index is 0.105. The minimum Gasteiger partial charge on any atom is -0.381 e. The lowest BCUT2D eigenvalue weighted by Crippen LogP contribution is -2.45. The maximum absolute atomic E-state index is 12.7. The van der Waals surface area contributed by atoms with Crippen LogP contribution in [-0.4, -0.2) is 60.1 Å². The molecule has 0 aromatic carbocycles. The lowest BCUT2D eigenvalue weighted by molar-refractivity contribution is -0.135.